The zero-order chi connectivity index (χ0) is 22.7. The molecule has 1 aliphatic rings. The van der Waals surface area contributed by atoms with E-state index in [0.29, 0.717) is 11.7 Å². The van der Waals surface area contributed by atoms with Crippen molar-refractivity contribution in [1.82, 2.24) is 4.90 Å². The second-order valence-electron chi connectivity index (χ2n) is 7.45. The number of carbonyl (C=O) groups is 1. The second kappa shape index (κ2) is 9.77. The predicted molar refractivity (Wildman–Crippen MR) is 111 cm³/mol. The number of hydrogen-bond acceptors (Lipinski definition) is 3. The first kappa shape index (κ1) is 23.2. The smallest absolute Gasteiger partial charge is 0.260 e. The maximum atomic E-state index is 14.1. The van der Waals surface area contributed by atoms with E-state index in [0.717, 1.165) is 11.3 Å². The molecule has 1 amide bonds. The summed E-state index contributed by atoms with van der Waals surface area (Å²) in [6.07, 6.45) is 1.02. The van der Waals surface area contributed by atoms with Crippen LogP contribution in [0.1, 0.15) is 31.7 Å². The van der Waals surface area contributed by atoms with Crippen molar-refractivity contribution in [2.45, 2.75) is 26.2 Å². The first-order valence-corrected chi connectivity index (χ1v) is 10.4. The summed E-state index contributed by atoms with van der Waals surface area (Å²) >= 11 is 5.27. The number of carbonyl (C=O) groups excluding carboxylic acids is 1. The molecule has 4 nitrogen and oxygen atoms in total. The number of halogens is 5. The molecule has 0 aliphatic carbocycles. The van der Waals surface area contributed by atoms with E-state index in [-0.39, 0.29) is 38.7 Å². The van der Waals surface area contributed by atoms with Gasteiger partial charge < -0.3 is 14.5 Å². The quantitative estimate of drug-likeness (QED) is 0.341. The Morgan fingerprint density at radius 3 is 2.06 bits per heavy atom. The highest BCUT2D eigenvalue weighted by Crippen LogP contribution is 2.34. The van der Waals surface area contributed by atoms with E-state index in [1.54, 1.807) is 0 Å². The zero-order valence-electron chi connectivity index (χ0n) is 17.2. The molecular weight excluding hydrogens is 436 g/mol. The molecule has 0 unspecified atom stereocenters. The number of anilines is 1. The van der Waals surface area contributed by atoms with Gasteiger partial charge in [0.15, 0.2) is 29.9 Å². The maximum Gasteiger partial charge on any atom is 0.260 e. The Kier molecular flexibility index (Phi) is 7.30. The summed E-state index contributed by atoms with van der Waals surface area (Å²) in [5.74, 6) is -5.66. The number of benzene rings is 2. The van der Waals surface area contributed by atoms with Crippen molar-refractivity contribution < 1.29 is 27.1 Å². The lowest BCUT2D eigenvalue weighted by atomic mass is 9.99. The standard InChI is InChI=1S/C22H23ClF4N2O2/c1-3-13(2)14-4-6-15(7-5-14)31-12-16(30)28-8-10-29(11-9-28)22-20(26)18(24)17(23)19(25)21(22)27/h4-7,13H,3,8-12H2,1-2H3/t13-/m0/s1. The van der Waals surface area contributed by atoms with Gasteiger partial charge in [0.1, 0.15) is 16.5 Å². The van der Waals surface area contributed by atoms with Crippen molar-refractivity contribution >= 4 is 23.2 Å². The molecule has 1 saturated heterocycles. The van der Waals surface area contributed by atoms with Crippen LogP contribution in [0, 0.1) is 23.3 Å². The zero-order valence-corrected chi connectivity index (χ0v) is 18.0. The SMILES string of the molecule is CC[C@H](C)c1ccc(OCC(=O)N2CCN(c3c(F)c(F)c(Cl)c(F)c3F)CC2)cc1. The van der Waals surface area contributed by atoms with Gasteiger partial charge in [-0.05, 0) is 30.0 Å². The molecule has 9 heteroatoms. The number of piperazine rings is 1. The Hall–Kier alpha value is -2.48. The van der Waals surface area contributed by atoms with Crippen molar-refractivity contribution in [3.8, 4) is 5.75 Å². The van der Waals surface area contributed by atoms with E-state index < -0.39 is 34.0 Å². The van der Waals surface area contributed by atoms with Crippen molar-refractivity contribution in [3.05, 3.63) is 58.1 Å². The van der Waals surface area contributed by atoms with Crippen LogP contribution in [0.3, 0.4) is 0 Å². The van der Waals surface area contributed by atoms with Crippen LogP contribution in [0.15, 0.2) is 24.3 Å². The van der Waals surface area contributed by atoms with Crippen LogP contribution in [0.25, 0.3) is 0 Å². The van der Waals surface area contributed by atoms with Crippen LogP contribution in [0.4, 0.5) is 23.2 Å². The third kappa shape index (κ3) is 4.89. The van der Waals surface area contributed by atoms with Gasteiger partial charge in [-0.1, -0.05) is 37.6 Å². The van der Waals surface area contributed by atoms with Gasteiger partial charge in [-0.25, -0.2) is 17.6 Å². The highest BCUT2D eigenvalue weighted by molar-refractivity contribution is 6.31. The van der Waals surface area contributed by atoms with Gasteiger partial charge in [0.2, 0.25) is 0 Å². The molecule has 2 aromatic rings. The molecule has 0 saturated carbocycles. The summed E-state index contributed by atoms with van der Waals surface area (Å²) < 4.78 is 61.3. The molecule has 31 heavy (non-hydrogen) atoms. The summed E-state index contributed by atoms with van der Waals surface area (Å²) in [7, 11) is 0. The lowest BCUT2D eigenvalue weighted by Crippen LogP contribution is -2.50. The first-order chi connectivity index (χ1) is 14.7. The van der Waals surface area contributed by atoms with Gasteiger partial charge in [0.05, 0.1) is 0 Å². The van der Waals surface area contributed by atoms with Crippen LogP contribution in [-0.4, -0.2) is 43.6 Å². The second-order valence-corrected chi connectivity index (χ2v) is 7.83. The molecule has 0 bridgehead atoms. The van der Waals surface area contributed by atoms with Gasteiger partial charge in [-0.15, -0.1) is 0 Å². The molecule has 0 radical (unpaired) electrons. The van der Waals surface area contributed by atoms with Crippen molar-refractivity contribution in [3.63, 3.8) is 0 Å². The molecule has 1 fully saturated rings. The largest absolute Gasteiger partial charge is 0.484 e. The molecule has 0 spiro atoms. The number of rotatable bonds is 6. The molecule has 0 aromatic heterocycles. The fraction of sp³-hybridized carbons (Fsp3) is 0.409. The van der Waals surface area contributed by atoms with Crippen LogP contribution in [0.2, 0.25) is 5.02 Å². The highest BCUT2D eigenvalue weighted by Gasteiger charge is 2.30. The van der Waals surface area contributed by atoms with E-state index in [4.69, 9.17) is 16.3 Å². The maximum absolute atomic E-state index is 14.1. The van der Waals surface area contributed by atoms with Gasteiger partial charge in [-0.2, -0.15) is 0 Å². The van der Waals surface area contributed by atoms with Crippen LogP contribution in [-0.2, 0) is 4.79 Å². The Morgan fingerprint density at radius 2 is 1.55 bits per heavy atom. The molecule has 0 N–H and O–H groups in total. The van der Waals surface area contributed by atoms with Crippen LogP contribution >= 0.6 is 11.6 Å². The van der Waals surface area contributed by atoms with E-state index in [9.17, 15) is 22.4 Å². The Morgan fingerprint density at radius 1 is 1.00 bits per heavy atom. The lowest BCUT2D eigenvalue weighted by Gasteiger charge is -2.36. The number of nitrogens with zero attached hydrogens (tertiary/aromatic N) is 2. The number of ether oxygens (including phenoxy) is 1. The molecule has 3 rings (SSSR count). The number of amides is 1. The number of hydrogen-bond donors (Lipinski definition) is 0. The van der Waals surface area contributed by atoms with E-state index >= 15 is 0 Å². The summed E-state index contributed by atoms with van der Waals surface area (Å²) in [5.41, 5.74) is 0.371. The summed E-state index contributed by atoms with van der Waals surface area (Å²) in [6.45, 7) is 4.31. The van der Waals surface area contributed by atoms with Crippen LogP contribution < -0.4 is 9.64 Å². The Labute approximate surface area is 183 Å². The molecular formula is C22H23ClF4N2O2. The molecule has 168 valence electrons. The third-order valence-corrected chi connectivity index (χ3v) is 5.89. The summed E-state index contributed by atoms with van der Waals surface area (Å²) in [5, 5.41) is -1.22. The van der Waals surface area contributed by atoms with Crippen molar-refractivity contribution in [1.29, 1.82) is 0 Å². The van der Waals surface area contributed by atoms with Gasteiger partial charge in [0.25, 0.3) is 5.91 Å². The minimum atomic E-state index is -1.64. The first-order valence-electron chi connectivity index (χ1n) is 10.0. The Bertz CT molecular complexity index is 919. The van der Waals surface area contributed by atoms with Gasteiger partial charge >= 0.3 is 0 Å². The van der Waals surface area contributed by atoms with Crippen LogP contribution in [0.5, 0.6) is 5.75 Å². The minimum Gasteiger partial charge on any atom is -0.484 e. The average Bonchev–Trinajstić information content (AvgIpc) is 2.80. The van der Waals surface area contributed by atoms with Gasteiger partial charge in [-0.3, -0.25) is 4.79 Å². The fourth-order valence-corrected chi connectivity index (χ4v) is 3.58. The molecule has 1 heterocycles. The normalized spacial score (nSPS) is 15.2. The van der Waals surface area contributed by atoms with E-state index in [1.807, 2.05) is 24.3 Å². The molecule has 1 aliphatic heterocycles. The highest BCUT2D eigenvalue weighted by atomic mass is 35.5. The molecule has 2 aromatic carbocycles. The van der Waals surface area contributed by atoms with E-state index in [1.165, 1.54) is 10.5 Å². The average molecular weight is 459 g/mol. The summed E-state index contributed by atoms with van der Waals surface area (Å²) in [6, 6.07) is 7.53. The third-order valence-electron chi connectivity index (χ3n) is 5.56. The molecule has 1 atom stereocenters. The van der Waals surface area contributed by atoms with Crippen molar-refractivity contribution in [2.24, 2.45) is 0 Å². The monoisotopic (exact) mass is 458 g/mol. The van der Waals surface area contributed by atoms with E-state index in [2.05, 4.69) is 13.8 Å². The fourth-order valence-electron chi connectivity index (χ4n) is 3.42. The minimum absolute atomic E-state index is 0.00367. The topological polar surface area (TPSA) is 32.8 Å². The predicted octanol–water partition coefficient (Wildman–Crippen LogP) is 5.14. The van der Waals surface area contributed by atoms with Crippen molar-refractivity contribution in [2.75, 3.05) is 37.7 Å². The lowest BCUT2D eigenvalue weighted by molar-refractivity contribution is -0.133. The summed E-state index contributed by atoms with van der Waals surface area (Å²) in [4.78, 5) is 15.1. The Balaban J connectivity index is 1.57. The van der Waals surface area contributed by atoms with Gasteiger partial charge in [0, 0.05) is 26.2 Å².